The molecule has 9 nitrogen and oxygen atoms in total. The Morgan fingerprint density at radius 2 is 2.25 bits per heavy atom. The van der Waals surface area contributed by atoms with Gasteiger partial charge in [-0.15, -0.1) is 11.3 Å². The Balaban J connectivity index is 1.33. The number of aromatic amines is 1. The van der Waals surface area contributed by atoms with Crippen LogP contribution in [0.2, 0.25) is 0 Å². The van der Waals surface area contributed by atoms with Gasteiger partial charge in [0, 0.05) is 35.5 Å². The fraction of sp³-hybridized carbons (Fsp3) is 0.364. The number of rotatable bonds is 6. The molecule has 0 radical (unpaired) electrons. The van der Waals surface area contributed by atoms with E-state index in [9.17, 15) is 4.79 Å². The van der Waals surface area contributed by atoms with E-state index in [0.717, 1.165) is 52.0 Å². The number of aryl methyl sites for hydroxylation is 1. The number of hydrogen-bond acceptors (Lipinski definition) is 8. The van der Waals surface area contributed by atoms with Gasteiger partial charge in [0.2, 0.25) is 0 Å². The van der Waals surface area contributed by atoms with Gasteiger partial charge in [0.25, 0.3) is 0 Å². The molecule has 4 aromatic rings. The van der Waals surface area contributed by atoms with Crippen molar-refractivity contribution >= 4 is 50.1 Å². The number of ether oxygens (including phenoxy) is 1. The van der Waals surface area contributed by atoms with Crippen molar-refractivity contribution in [2.75, 3.05) is 32.5 Å². The Kier molecular flexibility index (Phi) is 5.62. The molecule has 1 aliphatic rings. The molecule has 1 unspecified atom stereocenters. The highest BCUT2D eigenvalue weighted by molar-refractivity contribution is 7.19. The molecular weight excluding hydrogens is 426 g/mol. The van der Waals surface area contributed by atoms with Crippen LogP contribution in [0.5, 0.6) is 0 Å². The number of anilines is 2. The number of nitrogens with one attached hydrogen (secondary N) is 3. The Morgan fingerprint density at radius 1 is 1.34 bits per heavy atom. The minimum Gasteiger partial charge on any atom is -0.446 e. The summed E-state index contributed by atoms with van der Waals surface area (Å²) >= 11 is 1.66. The lowest BCUT2D eigenvalue weighted by atomic mass is 9.94. The Morgan fingerprint density at radius 3 is 3.12 bits per heavy atom. The first kappa shape index (κ1) is 20.7. The molecule has 1 aromatic carbocycles. The molecule has 3 heterocycles. The monoisotopic (exact) mass is 451 g/mol. The highest BCUT2D eigenvalue weighted by Crippen LogP contribution is 2.39. The van der Waals surface area contributed by atoms with Gasteiger partial charge in [0.15, 0.2) is 0 Å². The Hall–Kier alpha value is -3.24. The molecular formula is C22H25N7O2S. The van der Waals surface area contributed by atoms with E-state index < -0.39 is 0 Å². The lowest BCUT2D eigenvalue weighted by molar-refractivity contribution is 0.0899. The van der Waals surface area contributed by atoms with Gasteiger partial charge in [-0.3, -0.25) is 5.10 Å². The summed E-state index contributed by atoms with van der Waals surface area (Å²) < 4.78 is 5.66. The van der Waals surface area contributed by atoms with Gasteiger partial charge in [-0.05, 0) is 50.7 Å². The molecule has 0 bridgehead atoms. The first-order chi connectivity index (χ1) is 15.6. The number of amides is 1. The van der Waals surface area contributed by atoms with Gasteiger partial charge in [-0.25, -0.2) is 14.8 Å². The maximum absolute atomic E-state index is 12.1. The number of benzene rings is 1. The Bertz CT molecular complexity index is 1270. The molecule has 5 rings (SSSR count). The van der Waals surface area contributed by atoms with Crippen LogP contribution in [-0.2, 0) is 17.6 Å². The van der Waals surface area contributed by atoms with Crippen molar-refractivity contribution in [3.8, 4) is 0 Å². The fourth-order valence-corrected chi connectivity index (χ4v) is 5.26. The van der Waals surface area contributed by atoms with Gasteiger partial charge in [0.05, 0.1) is 17.1 Å². The zero-order valence-electron chi connectivity index (χ0n) is 18.0. The van der Waals surface area contributed by atoms with E-state index in [2.05, 4.69) is 30.8 Å². The Labute approximate surface area is 189 Å². The quantitative estimate of drug-likeness (QED) is 0.412. The molecule has 0 spiro atoms. The molecule has 0 fully saturated rings. The van der Waals surface area contributed by atoms with Gasteiger partial charge < -0.3 is 20.3 Å². The SMILES string of the molecule is CN(C)CCNC(=O)OC1CCc2c(sc3ncnc(Nc4ccc5[nH]ncc5c4)c23)C1. The molecule has 3 aromatic heterocycles. The van der Waals surface area contributed by atoms with Crippen molar-refractivity contribution in [3.63, 3.8) is 0 Å². The van der Waals surface area contributed by atoms with Gasteiger partial charge in [0.1, 0.15) is 23.1 Å². The smallest absolute Gasteiger partial charge is 0.407 e. The van der Waals surface area contributed by atoms with Crippen molar-refractivity contribution in [1.82, 2.24) is 30.4 Å². The molecule has 10 heteroatoms. The number of H-pyrrole nitrogens is 1. The van der Waals surface area contributed by atoms with E-state index in [1.165, 1.54) is 10.4 Å². The minimum absolute atomic E-state index is 0.122. The molecule has 0 saturated carbocycles. The standard InChI is InChI=1S/C22H25N7O2S/c1-29(2)8-7-23-22(30)31-15-4-5-16-18(10-15)32-21-19(16)20(24-12-25-21)27-14-3-6-17-13(9-14)11-26-28-17/h3,6,9,11-12,15H,4-5,7-8,10H2,1-2H3,(H,23,30)(H,26,28)(H,24,25,27). The van der Waals surface area contributed by atoms with Crippen LogP contribution in [0.4, 0.5) is 16.3 Å². The second-order valence-corrected chi connectivity index (χ2v) is 9.29. The lowest BCUT2D eigenvalue weighted by Crippen LogP contribution is -2.35. The number of carbonyl (C=O) groups is 1. The number of aromatic nitrogens is 4. The summed E-state index contributed by atoms with van der Waals surface area (Å²) in [6, 6.07) is 6.05. The third-order valence-corrected chi connectivity index (χ3v) is 6.77. The first-order valence-corrected chi connectivity index (χ1v) is 11.4. The predicted octanol–water partition coefficient (Wildman–Crippen LogP) is 3.46. The van der Waals surface area contributed by atoms with Crippen molar-refractivity contribution in [1.29, 1.82) is 0 Å². The lowest BCUT2D eigenvalue weighted by Gasteiger charge is -2.23. The van der Waals surface area contributed by atoms with E-state index >= 15 is 0 Å². The zero-order valence-corrected chi connectivity index (χ0v) is 18.8. The van der Waals surface area contributed by atoms with Crippen LogP contribution < -0.4 is 10.6 Å². The normalized spacial score (nSPS) is 15.8. The molecule has 1 atom stereocenters. The third-order valence-electron chi connectivity index (χ3n) is 5.61. The summed E-state index contributed by atoms with van der Waals surface area (Å²) in [5.74, 6) is 0.802. The van der Waals surface area contributed by atoms with Gasteiger partial charge in [-0.2, -0.15) is 5.10 Å². The van der Waals surface area contributed by atoms with Crippen molar-refractivity contribution in [2.45, 2.75) is 25.4 Å². The zero-order chi connectivity index (χ0) is 22.1. The summed E-state index contributed by atoms with van der Waals surface area (Å²) in [4.78, 5) is 25.3. The minimum atomic E-state index is -0.349. The molecule has 1 aliphatic carbocycles. The number of alkyl carbamates (subject to hydrolysis) is 1. The van der Waals surface area contributed by atoms with Crippen LogP contribution in [0, 0.1) is 0 Å². The van der Waals surface area contributed by atoms with Crippen LogP contribution in [0.15, 0.2) is 30.7 Å². The molecule has 0 saturated heterocycles. The second kappa shape index (κ2) is 8.71. The molecule has 3 N–H and O–H groups in total. The molecule has 1 amide bonds. The maximum atomic E-state index is 12.1. The van der Waals surface area contributed by atoms with Crippen molar-refractivity contribution < 1.29 is 9.53 Å². The van der Waals surface area contributed by atoms with E-state index in [1.54, 1.807) is 23.9 Å². The molecule has 166 valence electrons. The predicted molar refractivity (Wildman–Crippen MR) is 126 cm³/mol. The number of fused-ring (bicyclic) bond motifs is 4. The van der Waals surface area contributed by atoms with Gasteiger partial charge in [-0.1, -0.05) is 0 Å². The third kappa shape index (κ3) is 4.23. The molecule has 0 aliphatic heterocycles. The van der Waals surface area contributed by atoms with Crippen LogP contribution in [0.25, 0.3) is 21.1 Å². The summed E-state index contributed by atoms with van der Waals surface area (Å²) in [7, 11) is 3.94. The fourth-order valence-electron chi connectivity index (χ4n) is 4.01. The van der Waals surface area contributed by atoms with Crippen LogP contribution in [0.3, 0.4) is 0 Å². The van der Waals surface area contributed by atoms with E-state index in [4.69, 9.17) is 4.74 Å². The van der Waals surface area contributed by atoms with Crippen molar-refractivity contribution in [2.24, 2.45) is 0 Å². The average Bonchev–Trinajstić information content (AvgIpc) is 3.37. The van der Waals surface area contributed by atoms with Crippen LogP contribution in [-0.4, -0.2) is 64.4 Å². The first-order valence-electron chi connectivity index (χ1n) is 10.6. The highest BCUT2D eigenvalue weighted by atomic mass is 32.1. The molecule has 32 heavy (non-hydrogen) atoms. The average molecular weight is 452 g/mol. The number of carbonyl (C=O) groups excluding carboxylic acids is 1. The maximum Gasteiger partial charge on any atom is 0.407 e. The highest BCUT2D eigenvalue weighted by Gasteiger charge is 2.27. The van der Waals surface area contributed by atoms with E-state index in [0.29, 0.717) is 13.0 Å². The number of hydrogen-bond donors (Lipinski definition) is 3. The summed E-state index contributed by atoms with van der Waals surface area (Å²) in [6.07, 6.45) is 5.25. The number of likely N-dealkylation sites (N-methyl/N-ethyl adjacent to an activating group) is 1. The summed E-state index contributed by atoms with van der Waals surface area (Å²) in [5.41, 5.74) is 3.20. The van der Waals surface area contributed by atoms with Gasteiger partial charge >= 0.3 is 6.09 Å². The van der Waals surface area contributed by atoms with E-state index in [1.807, 2.05) is 37.2 Å². The summed E-state index contributed by atoms with van der Waals surface area (Å²) in [6.45, 7) is 1.35. The van der Waals surface area contributed by atoms with Crippen molar-refractivity contribution in [3.05, 3.63) is 41.2 Å². The van der Waals surface area contributed by atoms with Crippen LogP contribution in [0.1, 0.15) is 16.9 Å². The van der Waals surface area contributed by atoms with Crippen LogP contribution >= 0.6 is 11.3 Å². The largest absolute Gasteiger partial charge is 0.446 e. The second-order valence-electron chi connectivity index (χ2n) is 8.20. The topological polar surface area (TPSA) is 108 Å². The number of nitrogens with zero attached hydrogens (tertiary/aromatic N) is 4. The number of thiophene rings is 1. The summed E-state index contributed by atoms with van der Waals surface area (Å²) in [5, 5.41) is 15.4. The van der Waals surface area contributed by atoms with E-state index in [-0.39, 0.29) is 12.2 Å².